The number of likely N-dealkylation sites (tertiary alicyclic amines) is 1. The fourth-order valence-electron chi connectivity index (χ4n) is 3.22. The van der Waals surface area contributed by atoms with Crippen molar-refractivity contribution < 1.29 is 0 Å². The van der Waals surface area contributed by atoms with Gasteiger partial charge in [0.25, 0.3) is 0 Å². The zero-order valence-corrected chi connectivity index (χ0v) is 14.0. The lowest BCUT2D eigenvalue weighted by Crippen LogP contribution is -2.29. The molecule has 4 heteroatoms. The Hall–Kier alpha value is -1.91. The second-order valence-corrected chi connectivity index (χ2v) is 7.04. The Balaban J connectivity index is 1.69. The summed E-state index contributed by atoms with van der Waals surface area (Å²) in [6.07, 6.45) is 6.22. The summed E-state index contributed by atoms with van der Waals surface area (Å²) in [6.45, 7) is 3.42. The van der Waals surface area contributed by atoms with Crippen molar-refractivity contribution in [2.75, 3.05) is 13.1 Å². The molecular weight excluding hydrogens is 302 g/mol. The van der Waals surface area contributed by atoms with E-state index >= 15 is 0 Å². The van der Waals surface area contributed by atoms with Crippen LogP contribution in [0.25, 0.3) is 16.3 Å². The van der Waals surface area contributed by atoms with E-state index in [0.717, 1.165) is 17.9 Å². The lowest BCUT2D eigenvalue weighted by Gasteiger charge is -2.26. The molecule has 0 saturated carbocycles. The summed E-state index contributed by atoms with van der Waals surface area (Å²) in [5.41, 5.74) is 3.59. The van der Waals surface area contributed by atoms with E-state index in [1.54, 1.807) is 11.3 Å². The molecule has 0 atom stereocenters. The van der Waals surface area contributed by atoms with Crippen LogP contribution in [0.3, 0.4) is 0 Å². The number of para-hydroxylation sites is 1. The Kier molecular flexibility index (Phi) is 4.26. The van der Waals surface area contributed by atoms with Crippen LogP contribution < -0.4 is 0 Å². The standard InChI is InChI=1S/C19H21N3S/c1-3-8-17(9-4-1)22-15-16(14-21-11-5-2-6-12-21)19(20-22)18-10-7-13-23-18/h1,3-4,7-10,13,15H,2,5-6,11-12,14H2. The van der Waals surface area contributed by atoms with Crippen molar-refractivity contribution in [1.29, 1.82) is 0 Å². The smallest absolute Gasteiger partial charge is 0.107 e. The van der Waals surface area contributed by atoms with Crippen LogP contribution in [0.2, 0.25) is 0 Å². The number of benzene rings is 1. The molecule has 0 radical (unpaired) electrons. The van der Waals surface area contributed by atoms with Gasteiger partial charge >= 0.3 is 0 Å². The summed E-state index contributed by atoms with van der Waals surface area (Å²) in [5.74, 6) is 0. The van der Waals surface area contributed by atoms with E-state index in [0.29, 0.717) is 0 Å². The number of piperidine rings is 1. The van der Waals surface area contributed by atoms with Crippen LogP contribution in [0.15, 0.2) is 54.0 Å². The molecule has 1 fully saturated rings. The Morgan fingerprint density at radius 1 is 0.957 bits per heavy atom. The van der Waals surface area contributed by atoms with Crippen molar-refractivity contribution in [3.63, 3.8) is 0 Å². The van der Waals surface area contributed by atoms with Gasteiger partial charge in [0.05, 0.1) is 10.6 Å². The molecule has 4 rings (SSSR count). The maximum atomic E-state index is 4.89. The number of rotatable bonds is 4. The molecule has 23 heavy (non-hydrogen) atoms. The minimum atomic E-state index is 1.00. The first-order chi connectivity index (χ1) is 11.4. The van der Waals surface area contributed by atoms with Crippen molar-refractivity contribution in [3.05, 3.63) is 59.6 Å². The molecule has 118 valence electrons. The van der Waals surface area contributed by atoms with Crippen LogP contribution in [0.4, 0.5) is 0 Å². The van der Waals surface area contributed by atoms with E-state index in [4.69, 9.17) is 5.10 Å². The van der Waals surface area contributed by atoms with Crippen molar-refractivity contribution >= 4 is 11.3 Å². The molecule has 1 aliphatic heterocycles. The summed E-state index contributed by atoms with van der Waals surface area (Å²) < 4.78 is 2.02. The fourth-order valence-corrected chi connectivity index (χ4v) is 3.96. The van der Waals surface area contributed by atoms with Gasteiger partial charge in [-0.3, -0.25) is 4.90 Å². The molecule has 0 unspecified atom stereocenters. The average Bonchev–Trinajstić information content (AvgIpc) is 3.26. The molecule has 0 aliphatic carbocycles. The van der Waals surface area contributed by atoms with E-state index < -0.39 is 0 Å². The van der Waals surface area contributed by atoms with E-state index in [1.165, 1.54) is 42.8 Å². The Bertz CT molecular complexity index is 740. The van der Waals surface area contributed by atoms with Gasteiger partial charge in [-0.1, -0.05) is 30.7 Å². The minimum absolute atomic E-state index is 1.00. The lowest BCUT2D eigenvalue weighted by molar-refractivity contribution is 0.221. The Labute approximate surface area is 141 Å². The third-order valence-corrected chi connectivity index (χ3v) is 5.28. The topological polar surface area (TPSA) is 21.1 Å². The molecule has 3 nitrogen and oxygen atoms in total. The monoisotopic (exact) mass is 323 g/mol. The SMILES string of the molecule is c1ccc(-n2cc(CN3CCCCC3)c(-c3cccs3)n2)cc1. The summed E-state index contributed by atoms with van der Waals surface area (Å²) in [5, 5.41) is 7.02. The van der Waals surface area contributed by atoms with Crippen molar-refractivity contribution in [2.24, 2.45) is 0 Å². The summed E-state index contributed by atoms with van der Waals surface area (Å²) >= 11 is 1.77. The van der Waals surface area contributed by atoms with Crippen molar-refractivity contribution in [2.45, 2.75) is 25.8 Å². The van der Waals surface area contributed by atoms with E-state index in [-0.39, 0.29) is 0 Å². The molecule has 2 aromatic heterocycles. The van der Waals surface area contributed by atoms with Crippen molar-refractivity contribution in [1.82, 2.24) is 14.7 Å². The zero-order chi connectivity index (χ0) is 15.5. The van der Waals surface area contributed by atoms with Crippen molar-refractivity contribution in [3.8, 4) is 16.3 Å². The quantitative estimate of drug-likeness (QED) is 0.700. The Morgan fingerprint density at radius 2 is 1.78 bits per heavy atom. The molecular formula is C19H21N3S. The van der Waals surface area contributed by atoms with Gasteiger partial charge in [0, 0.05) is 18.3 Å². The molecule has 3 heterocycles. The highest BCUT2D eigenvalue weighted by Gasteiger charge is 2.17. The first-order valence-electron chi connectivity index (χ1n) is 8.30. The highest BCUT2D eigenvalue weighted by Crippen LogP contribution is 2.29. The molecule has 0 bridgehead atoms. The van der Waals surface area contributed by atoms with Gasteiger partial charge < -0.3 is 0 Å². The van der Waals surface area contributed by atoms with Gasteiger partial charge in [-0.2, -0.15) is 5.10 Å². The maximum Gasteiger partial charge on any atom is 0.107 e. The molecule has 1 aromatic carbocycles. The zero-order valence-electron chi connectivity index (χ0n) is 13.2. The van der Waals surface area contributed by atoms with Gasteiger partial charge in [0.15, 0.2) is 0 Å². The fraction of sp³-hybridized carbons (Fsp3) is 0.316. The van der Waals surface area contributed by atoms with Gasteiger partial charge in [0.2, 0.25) is 0 Å². The lowest BCUT2D eigenvalue weighted by atomic mass is 10.1. The van der Waals surface area contributed by atoms with Gasteiger partial charge in [0.1, 0.15) is 5.69 Å². The molecule has 1 saturated heterocycles. The van der Waals surface area contributed by atoms with Gasteiger partial charge in [-0.25, -0.2) is 4.68 Å². The number of aromatic nitrogens is 2. The van der Waals surface area contributed by atoms with E-state index in [1.807, 2.05) is 10.7 Å². The first kappa shape index (κ1) is 14.7. The Morgan fingerprint density at radius 3 is 2.52 bits per heavy atom. The van der Waals surface area contributed by atoms with Crippen LogP contribution >= 0.6 is 11.3 Å². The molecule has 0 amide bonds. The number of hydrogen-bond acceptors (Lipinski definition) is 3. The van der Waals surface area contributed by atoms with Crippen LogP contribution in [-0.2, 0) is 6.54 Å². The third-order valence-electron chi connectivity index (χ3n) is 4.41. The minimum Gasteiger partial charge on any atom is -0.299 e. The number of hydrogen-bond donors (Lipinski definition) is 0. The summed E-state index contributed by atoms with van der Waals surface area (Å²) in [4.78, 5) is 3.82. The van der Waals surface area contributed by atoms with E-state index in [2.05, 4.69) is 52.9 Å². The predicted octanol–water partition coefficient (Wildman–Crippen LogP) is 4.59. The van der Waals surface area contributed by atoms with Crippen LogP contribution in [0, 0.1) is 0 Å². The molecule has 0 spiro atoms. The largest absolute Gasteiger partial charge is 0.299 e. The highest BCUT2D eigenvalue weighted by atomic mass is 32.1. The predicted molar refractivity (Wildman–Crippen MR) is 96.0 cm³/mol. The summed E-state index contributed by atoms with van der Waals surface area (Å²) in [6, 6.07) is 14.7. The summed E-state index contributed by atoms with van der Waals surface area (Å²) in [7, 11) is 0. The third kappa shape index (κ3) is 3.23. The van der Waals surface area contributed by atoms with Crippen LogP contribution in [-0.4, -0.2) is 27.8 Å². The van der Waals surface area contributed by atoms with Crippen LogP contribution in [0.1, 0.15) is 24.8 Å². The average molecular weight is 323 g/mol. The van der Waals surface area contributed by atoms with Crippen LogP contribution in [0.5, 0.6) is 0 Å². The first-order valence-corrected chi connectivity index (χ1v) is 9.18. The maximum absolute atomic E-state index is 4.89. The molecule has 3 aromatic rings. The second kappa shape index (κ2) is 6.69. The van der Waals surface area contributed by atoms with Gasteiger partial charge in [-0.15, -0.1) is 11.3 Å². The van der Waals surface area contributed by atoms with Gasteiger partial charge in [-0.05, 0) is 49.5 Å². The van der Waals surface area contributed by atoms with E-state index in [9.17, 15) is 0 Å². The molecule has 0 N–H and O–H groups in total. The number of thiophene rings is 1. The normalized spacial score (nSPS) is 15.8. The highest BCUT2D eigenvalue weighted by molar-refractivity contribution is 7.13. The molecule has 1 aliphatic rings. The second-order valence-electron chi connectivity index (χ2n) is 6.10. The number of nitrogens with zero attached hydrogens (tertiary/aromatic N) is 3.